The molecule has 0 aliphatic heterocycles. The van der Waals surface area contributed by atoms with E-state index in [0.29, 0.717) is 25.2 Å². The van der Waals surface area contributed by atoms with Crippen molar-refractivity contribution in [3.63, 3.8) is 0 Å². The number of carbonyl (C=O) groups excluding carboxylic acids is 2. The molecule has 2 aromatic rings. The van der Waals surface area contributed by atoms with Crippen LogP contribution >= 0.6 is 0 Å². The van der Waals surface area contributed by atoms with Crippen molar-refractivity contribution < 1.29 is 19.8 Å². The summed E-state index contributed by atoms with van der Waals surface area (Å²) in [5.41, 5.74) is 7.82. The number of rotatable bonds is 10. The zero-order chi connectivity index (χ0) is 28.7. The molecule has 1 aliphatic rings. The molecule has 1 amide bonds. The third kappa shape index (κ3) is 9.53. The number of phenols is 1. The number of benzene rings is 2. The minimum absolute atomic E-state index is 0.0834. The Morgan fingerprint density at radius 1 is 1.08 bits per heavy atom. The summed E-state index contributed by atoms with van der Waals surface area (Å²) in [7, 11) is 1.50. The van der Waals surface area contributed by atoms with E-state index in [1.54, 1.807) is 12.1 Å². The second kappa shape index (κ2) is 17.0. The number of hydrogen-bond acceptors (Lipinski definition) is 6. The highest BCUT2D eigenvalue weighted by atomic mass is 16.3. The molecular formula is C31H49N3O4. The Bertz CT molecular complexity index is 987. The summed E-state index contributed by atoms with van der Waals surface area (Å²) in [5, 5.41) is 27.5. The van der Waals surface area contributed by atoms with Crippen LogP contribution in [-0.4, -0.2) is 48.1 Å². The molecule has 0 aromatic heterocycles. The second-order valence-electron chi connectivity index (χ2n) is 9.89. The van der Waals surface area contributed by atoms with Crippen LogP contribution in [0.5, 0.6) is 5.75 Å². The Morgan fingerprint density at radius 3 is 2.32 bits per heavy atom. The van der Waals surface area contributed by atoms with E-state index >= 15 is 0 Å². The standard InChI is InChI=1S/C28H38N2O4.C2H6.CH5N/c1-19(2)22-8-7-9-24(16-22)28(12-5-4-6-13-28)29-17-27(34)25(30-20(3)32)15-21-10-11-26(33)23(14-21)18-31;2*1-2/h7-11,14,16,18-19,25,27,29,33-34H,4-6,12-13,15,17H2,1-3H3,(H,30,32);1-2H3;2H2,1H3. The molecule has 1 aliphatic carbocycles. The molecule has 2 atom stereocenters. The molecule has 3 rings (SSSR count). The minimum Gasteiger partial charge on any atom is -0.507 e. The van der Waals surface area contributed by atoms with E-state index in [2.05, 4.69) is 54.5 Å². The van der Waals surface area contributed by atoms with Gasteiger partial charge in [-0.05, 0) is 61.1 Å². The van der Waals surface area contributed by atoms with Gasteiger partial charge in [-0.1, -0.05) is 77.3 Å². The lowest BCUT2D eigenvalue weighted by atomic mass is 9.75. The van der Waals surface area contributed by atoms with Gasteiger partial charge in [0.1, 0.15) is 5.75 Å². The average Bonchev–Trinajstić information content (AvgIpc) is 2.94. The highest BCUT2D eigenvalue weighted by Crippen LogP contribution is 2.38. The molecule has 2 unspecified atom stereocenters. The molecule has 1 saturated carbocycles. The lowest BCUT2D eigenvalue weighted by Crippen LogP contribution is -2.53. The van der Waals surface area contributed by atoms with Gasteiger partial charge in [-0.2, -0.15) is 0 Å². The smallest absolute Gasteiger partial charge is 0.217 e. The average molecular weight is 528 g/mol. The number of aliphatic hydroxyl groups is 1. The van der Waals surface area contributed by atoms with Crippen LogP contribution in [0.15, 0.2) is 42.5 Å². The maximum Gasteiger partial charge on any atom is 0.217 e. The maximum absolute atomic E-state index is 11.9. The van der Waals surface area contributed by atoms with Crippen LogP contribution in [-0.2, 0) is 16.8 Å². The predicted molar refractivity (Wildman–Crippen MR) is 156 cm³/mol. The summed E-state index contributed by atoms with van der Waals surface area (Å²) in [4.78, 5) is 23.1. The van der Waals surface area contributed by atoms with Crippen molar-refractivity contribution in [1.82, 2.24) is 10.6 Å². The van der Waals surface area contributed by atoms with Crippen LogP contribution in [0.25, 0.3) is 0 Å². The van der Waals surface area contributed by atoms with Gasteiger partial charge in [0.05, 0.1) is 17.7 Å². The number of amides is 1. The monoisotopic (exact) mass is 527 g/mol. The quantitative estimate of drug-likeness (QED) is 0.283. The third-order valence-electron chi connectivity index (χ3n) is 6.99. The fraction of sp³-hybridized carbons (Fsp3) is 0.548. The molecular weight excluding hydrogens is 478 g/mol. The van der Waals surface area contributed by atoms with Gasteiger partial charge in [0.2, 0.25) is 5.91 Å². The first-order valence-corrected chi connectivity index (χ1v) is 13.9. The topological polar surface area (TPSA) is 125 Å². The summed E-state index contributed by atoms with van der Waals surface area (Å²) in [6.45, 7) is 10.2. The fourth-order valence-corrected chi connectivity index (χ4v) is 4.98. The molecule has 2 aromatic carbocycles. The van der Waals surface area contributed by atoms with Gasteiger partial charge in [0, 0.05) is 19.0 Å². The first-order chi connectivity index (χ1) is 18.2. The van der Waals surface area contributed by atoms with Gasteiger partial charge in [0.25, 0.3) is 0 Å². The number of aliphatic hydroxyl groups excluding tert-OH is 1. The van der Waals surface area contributed by atoms with Crippen molar-refractivity contribution in [3.05, 3.63) is 64.7 Å². The highest BCUT2D eigenvalue weighted by Gasteiger charge is 2.35. The molecule has 0 heterocycles. The Morgan fingerprint density at radius 2 is 1.74 bits per heavy atom. The Hall–Kier alpha value is -2.74. The molecule has 7 nitrogen and oxygen atoms in total. The van der Waals surface area contributed by atoms with E-state index < -0.39 is 12.1 Å². The lowest BCUT2D eigenvalue weighted by Gasteiger charge is -2.40. The van der Waals surface area contributed by atoms with Crippen molar-refractivity contribution in [2.75, 3.05) is 13.6 Å². The molecule has 38 heavy (non-hydrogen) atoms. The van der Waals surface area contributed by atoms with E-state index in [-0.39, 0.29) is 22.8 Å². The number of phenolic OH excluding ortho intramolecular Hbond substituents is 1. The van der Waals surface area contributed by atoms with Crippen LogP contribution < -0.4 is 16.4 Å². The van der Waals surface area contributed by atoms with Crippen molar-refractivity contribution >= 4 is 12.2 Å². The Balaban J connectivity index is 0.00000172. The number of nitrogens with two attached hydrogens (primary N) is 1. The van der Waals surface area contributed by atoms with E-state index in [4.69, 9.17) is 0 Å². The van der Waals surface area contributed by atoms with Crippen LogP contribution in [0.4, 0.5) is 0 Å². The Kier molecular flexibility index (Phi) is 14.9. The van der Waals surface area contributed by atoms with Crippen LogP contribution in [0.1, 0.15) is 99.7 Å². The van der Waals surface area contributed by atoms with E-state index in [1.165, 1.54) is 37.6 Å². The third-order valence-corrected chi connectivity index (χ3v) is 6.99. The first kappa shape index (κ1) is 33.3. The van der Waals surface area contributed by atoms with Gasteiger partial charge in [-0.25, -0.2) is 0 Å². The molecule has 7 heteroatoms. The molecule has 6 N–H and O–H groups in total. The zero-order valence-corrected chi connectivity index (χ0v) is 24.1. The molecule has 0 spiro atoms. The summed E-state index contributed by atoms with van der Waals surface area (Å²) in [5.74, 6) is 0.132. The number of carbonyl (C=O) groups is 2. The number of aldehydes is 1. The first-order valence-electron chi connectivity index (χ1n) is 13.9. The van der Waals surface area contributed by atoms with Crippen LogP contribution in [0, 0.1) is 0 Å². The molecule has 212 valence electrons. The molecule has 0 bridgehead atoms. The predicted octanol–water partition coefficient (Wildman–Crippen LogP) is 4.79. The second-order valence-corrected chi connectivity index (χ2v) is 9.89. The van der Waals surface area contributed by atoms with Gasteiger partial charge in [-0.3, -0.25) is 9.59 Å². The molecule has 0 saturated heterocycles. The number of hydrogen-bond donors (Lipinski definition) is 5. The van der Waals surface area contributed by atoms with Crippen molar-refractivity contribution in [3.8, 4) is 5.75 Å². The van der Waals surface area contributed by atoms with Crippen LogP contribution in [0.2, 0.25) is 0 Å². The molecule has 1 fully saturated rings. The van der Waals surface area contributed by atoms with Gasteiger partial charge in [-0.15, -0.1) is 0 Å². The van der Waals surface area contributed by atoms with E-state index in [1.807, 2.05) is 13.8 Å². The van der Waals surface area contributed by atoms with E-state index in [9.17, 15) is 19.8 Å². The molecule has 0 radical (unpaired) electrons. The summed E-state index contributed by atoms with van der Waals surface area (Å²) < 4.78 is 0. The van der Waals surface area contributed by atoms with Crippen molar-refractivity contribution in [2.45, 2.75) is 96.7 Å². The maximum atomic E-state index is 11.9. The lowest BCUT2D eigenvalue weighted by molar-refractivity contribution is -0.120. The van der Waals surface area contributed by atoms with Gasteiger partial charge in [0.15, 0.2) is 6.29 Å². The fourth-order valence-electron chi connectivity index (χ4n) is 4.98. The Labute approximate surface area is 229 Å². The highest BCUT2D eigenvalue weighted by molar-refractivity contribution is 5.79. The summed E-state index contributed by atoms with van der Waals surface area (Å²) >= 11 is 0. The van der Waals surface area contributed by atoms with Crippen molar-refractivity contribution in [2.24, 2.45) is 5.73 Å². The van der Waals surface area contributed by atoms with E-state index in [0.717, 1.165) is 31.2 Å². The SMILES string of the molecule is CC.CC(=O)NC(Cc1ccc(O)c(C=O)c1)C(O)CNC1(c2cccc(C(C)C)c2)CCCCC1.CN. The normalized spacial score (nSPS) is 15.7. The minimum atomic E-state index is -0.829. The number of aromatic hydroxyl groups is 1. The zero-order valence-electron chi connectivity index (χ0n) is 24.1. The van der Waals surface area contributed by atoms with Gasteiger partial charge >= 0.3 is 0 Å². The largest absolute Gasteiger partial charge is 0.507 e. The van der Waals surface area contributed by atoms with Gasteiger partial charge < -0.3 is 26.6 Å². The van der Waals surface area contributed by atoms with Crippen molar-refractivity contribution in [1.29, 1.82) is 0 Å². The van der Waals surface area contributed by atoms with Crippen LogP contribution in [0.3, 0.4) is 0 Å². The summed E-state index contributed by atoms with van der Waals surface area (Å²) in [6.07, 6.45) is 5.61. The number of nitrogens with one attached hydrogen (secondary N) is 2. The summed E-state index contributed by atoms with van der Waals surface area (Å²) in [6, 6.07) is 13.0.